The first kappa shape index (κ1) is 16.8. The third-order valence-electron chi connectivity index (χ3n) is 4.68. The van der Waals surface area contributed by atoms with Crippen molar-refractivity contribution in [2.45, 2.75) is 43.5 Å². The van der Waals surface area contributed by atoms with Gasteiger partial charge in [0.05, 0.1) is 18.2 Å². The minimum absolute atomic E-state index is 0.349. The fourth-order valence-electron chi connectivity index (χ4n) is 3.48. The summed E-state index contributed by atoms with van der Waals surface area (Å²) in [6.45, 7) is -0.500. The van der Waals surface area contributed by atoms with Crippen LogP contribution in [-0.2, 0) is 11.0 Å². The molecule has 0 radical (unpaired) electrons. The molecule has 1 saturated heterocycles. The van der Waals surface area contributed by atoms with E-state index in [2.05, 4.69) is 5.32 Å². The molecule has 1 heterocycles. The van der Waals surface area contributed by atoms with Crippen LogP contribution in [0.25, 0.3) is 0 Å². The fourth-order valence-corrected chi connectivity index (χ4v) is 3.48. The summed E-state index contributed by atoms with van der Waals surface area (Å²) in [5, 5.41) is 12.9. The second-order valence-corrected chi connectivity index (χ2v) is 6.24. The van der Waals surface area contributed by atoms with Gasteiger partial charge < -0.3 is 10.4 Å². The summed E-state index contributed by atoms with van der Waals surface area (Å²) in [5.74, 6) is -0.464. The summed E-state index contributed by atoms with van der Waals surface area (Å²) in [6, 6.07) is 3.95. The lowest BCUT2D eigenvalue weighted by molar-refractivity contribution is -0.139. The van der Waals surface area contributed by atoms with Crippen LogP contribution in [-0.4, -0.2) is 34.0 Å². The van der Waals surface area contributed by atoms with Gasteiger partial charge in [0.15, 0.2) is 0 Å². The molecular weight excluding hydrogens is 325 g/mol. The summed E-state index contributed by atoms with van der Waals surface area (Å²) in [6.07, 6.45) is -3.58. The number of rotatable bonds is 3. The molecule has 0 unspecified atom stereocenters. The molecule has 1 saturated carbocycles. The molecule has 5 nitrogen and oxygen atoms in total. The molecule has 2 aliphatic rings. The summed E-state index contributed by atoms with van der Waals surface area (Å²) >= 11 is 0. The Kier molecular flexibility index (Phi) is 4.03. The van der Waals surface area contributed by atoms with Crippen molar-refractivity contribution in [1.82, 2.24) is 10.2 Å². The van der Waals surface area contributed by atoms with Crippen molar-refractivity contribution < 1.29 is 27.9 Å². The quantitative estimate of drug-likeness (QED) is 0.830. The Labute approximate surface area is 136 Å². The lowest BCUT2D eigenvalue weighted by Gasteiger charge is -2.23. The smallest absolute Gasteiger partial charge is 0.387 e. The molecular formula is C16H17F3N2O3. The number of nitrogens with zero attached hydrogens (tertiary/aromatic N) is 1. The Bertz CT molecular complexity index is 669. The van der Waals surface area contributed by atoms with Crippen molar-refractivity contribution >= 4 is 11.9 Å². The number of imide groups is 1. The third kappa shape index (κ3) is 2.75. The SMILES string of the molecule is O=C1NC2(CCCC2)C(=O)N1C[C@H](O)c1ccccc1C(F)(F)F. The van der Waals surface area contributed by atoms with Crippen molar-refractivity contribution in [1.29, 1.82) is 0 Å². The van der Waals surface area contributed by atoms with Crippen LogP contribution in [0.3, 0.4) is 0 Å². The Balaban J connectivity index is 1.82. The number of alkyl halides is 3. The number of nitrogens with one attached hydrogen (secondary N) is 1. The Morgan fingerprint density at radius 2 is 1.83 bits per heavy atom. The minimum atomic E-state index is -4.62. The Morgan fingerprint density at radius 1 is 1.21 bits per heavy atom. The number of amides is 3. The number of β-amino-alcohol motifs (C(OH)–C–C–N with tert-alkyl or cyclic N) is 1. The van der Waals surface area contributed by atoms with E-state index in [0.29, 0.717) is 12.8 Å². The number of halogens is 3. The number of carbonyl (C=O) groups is 2. The van der Waals surface area contributed by atoms with Gasteiger partial charge in [0.1, 0.15) is 5.54 Å². The van der Waals surface area contributed by atoms with Gasteiger partial charge in [-0.05, 0) is 24.5 Å². The molecule has 1 aliphatic carbocycles. The highest BCUT2D eigenvalue weighted by Gasteiger charge is 2.52. The van der Waals surface area contributed by atoms with Gasteiger partial charge in [-0.3, -0.25) is 9.69 Å². The summed E-state index contributed by atoms with van der Waals surface area (Å²) in [4.78, 5) is 25.4. The summed E-state index contributed by atoms with van der Waals surface area (Å²) in [7, 11) is 0. The zero-order chi connectivity index (χ0) is 17.5. The first-order valence-corrected chi connectivity index (χ1v) is 7.73. The number of aliphatic hydroxyl groups is 1. The largest absolute Gasteiger partial charge is 0.416 e. The molecule has 2 N–H and O–H groups in total. The average Bonchev–Trinajstić information content (AvgIpc) is 3.08. The van der Waals surface area contributed by atoms with Crippen LogP contribution in [0, 0.1) is 0 Å². The molecule has 3 amide bonds. The minimum Gasteiger partial charge on any atom is -0.387 e. The maximum absolute atomic E-state index is 13.0. The fraction of sp³-hybridized carbons (Fsp3) is 0.500. The Hall–Kier alpha value is -2.09. The van der Waals surface area contributed by atoms with E-state index < -0.39 is 41.9 Å². The first-order chi connectivity index (χ1) is 11.2. The van der Waals surface area contributed by atoms with Gasteiger partial charge in [0.25, 0.3) is 5.91 Å². The summed E-state index contributed by atoms with van der Waals surface area (Å²) in [5.41, 5.74) is -2.27. The van der Waals surface area contributed by atoms with E-state index in [0.717, 1.165) is 29.9 Å². The predicted octanol–water partition coefficient (Wildman–Crippen LogP) is 2.60. The Morgan fingerprint density at radius 3 is 2.46 bits per heavy atom. The van der Waals surface area contributed by atoms with Crippen LogP contribution in [0.4, 0.5) is 18.0 Å². The van der Waals surface area contributed by atoms with E-state index in [9.17, 15) is 27.9 Å². The molecule has 130 valence electrons. The standard InChI is InChI=1S/C16H17F3N2O3/c17-16(18,19)11-6-2-1-5-10(11)12(22)9-21-13(23)15(20-14(21)24)7-3-4-8-15/h1-2,5-6,12,22H,3-4,7-9H2,(H,20,24)/t12-/m0/s1. The van der Waals surface area contributed by atoms with Crippen LogP contribution in [0.5, 0.6) is 0 Å². The van der Waals surface area contributed by atoms with Crippen molar-refractivity contribution in [3.05, 3.63) is 35.4 Å². The van der Waals surface area contributed by atoms with E-state index in [1.54, 1.807) is 0 Å². The molecule has 2 fully saturated rings. The molecule has 24 heavy (non-hydrogen) atoms. The van der Waals surface area contributed by atoms with Gasteiger partial charge in [0.2, 0.25) is 0 Å². The molecule has 1 atom stereocenters. The molecule has 1 aromatic rings. The van der Waals surface area contributed by atoms with Crippen molar-refractivity contribution in [3.63, 3.8) is 0 Å². The van der Waals surface area contributed by atoms with Gasteiger partial charge in [-0.15, -0.1) is 0 Å². The molecule has 1 aliphatic heterocycles. The van der Waals surface area contributed by atoms with E-state index in [-0.39, 0.29) is 5.56 Å². The van der Waals surface area contributed by atoms with Crippen LogP contribution in [0.15, 0.2) is 24.3 Å². The molecule has 8 heteroatoms. The number of carbonyl (C=O) groups excluding carboxylic acids is 2. The van der Waals surface area contributed by atoms with Gasteiger partial charge in [-0.2, -0.15) is 13.2 Å². The van der Waals surface area contributed by atoms with Gasteiger partial charge >= 0.3 is 12.2 Å². The number of aliphatic hydroxyl groups excluding tert-OH is 1. The monoisotopic (exact) mass is 342 g/mol. The topological polar surface area (TPSA) is 69.6 Å². The highest BCUT2D eigenvalue weighted by Crippen LogP contribution is 2.37. The number of hydrogen-bond acceptors (Lipinski definition) is 3. The van der Waals surface area contributed by atoms with Gasteiger partial charge in [0, 0.05) is 0 Å². The lowest BCUT2D eigenvalue weighted by Crippen LogP contribution is -2.44. The van der Waals surface area contributed by atoms with Crippen LogP contribution in [0.1, 0.15) is 42.9 Å². The molecule has 0 bridgehead atoms. The van der Waals surface area contributed by atoms with Crippen LogP contribution in [0.2, 0.25) is 0 Å². The second kappa shape index (κ2) is 5.77. The second-order valence-electron chi connectivity index (χ2n) is 6.24. The number of benzene rings is 1. The van der Waals surface area contributed by atoms with Crippen LogP contribution < -0.4 is 5.32 Å². The van der Waals surface area contributed by atoms with Crippen LogP contribution >= 0.6 is 0 Å². The maximum Gasteiger partial charge on any atom is 0.416 e. The van der Waals surface area contributed by atoms with E-state index in [4.69, 9.17) is 0 Å². The lowest BCUT2D eigenvalue weighted by atomic mass is 9.97. The molecule has 0 aromatic heterocycles. The highest BCUT2D eigenvalue weighted by atomic mass is 19.4. The van der Waals surface area contributed by atoms with Gasteiger partial charge in [-0.1, -0.05) is 31.0 Å². The number of urea groups is 1. The third-order valence-corrected chi connectivity index (χ3v) is 4.68. The zero-order valence-corrected chi connectivity index (χ0v) is 12.8. The van der Waals surface area contributed by atoms with E-state index in [1.807, 2.05) is 0 Å². The zero-order valence-electron chi connectivity index (χ0n) is 12.8. The first-order valence-electron chi connectivity index (χ1n) is 7.73. The highest BCUT2D eigenvalue weighted by molar-refractivity contribution is 6.07. The molecule has 1 spiro atoms. The molecule has 1 aromatic carbocycles. The van der Waals surface area contributed by atoms with Crippen molar-refractivity contribution in [3.8, 4) is 0 Å². The van der Waals surface area contributed by atoms with Crippen molar-refractivity contribution in [2.24, 2.45) is 0 Å². The number of hydrogen-bond donors (Lipinski definition) is 2. The normalized spacial score (nSPS) is 21.4. The summed E-state index contributed by atoms with van der Waals surface area (Å²) < 4.78 is 39.1. The average molecular weight is 342 g/mol. The van der Waals surface area contributed by atoms with Crippen molar-refractivity contribution in [2.75, 3.05) is 6.54 Å². The van der Waals surface area contributed by atoms with E-state index in [1.165, 1.54) is 12.1 Å². The van der Waals surface area contributed by atoms with Gasteiger partial charge in [-0.25, -0.2) is 4.79 Å². The maximum atomic E-state index is 13.0. The van der Waals surface area contributed by atoms with E-state index >= 15 is 0 Å². The molecule has 3 rings (SSSR count). The predicted molar refractivity (Wildman–Crippen MR) is 77.8 cm³/mol.